The maximum Gasteiger partial charge on any atom is 0.338 e. The van der Waals surface area contributed by atoms with E-state index in [9.17, 15) is 9.59 Å². The Labute approximate surface area is 76.3 Å². The summed E-state index contributed by atoms with van der Waals surface area (Å²) in [6.45, 7) is 1.52. The van der Waals surface area contributed by atoms with Crippen molar-refractivity contribution < 1.29 is 14.3 Å². The first-order chi connectivity index (χ1) is 6.24. The van der Waals surface area contributed by atoms with E-state index < -0.39 is 12.1 Å². The Kier molecular flexibility index (Phi) is 3.20. The van der Waals surface area contributed by atoms with Crippen LogP contribution in [0.2, 0.25) is 0 Å². The van der Waals surface area contributed by atoms with E-state index in [1.807, 2.05) is 0 Å². The lowest BCUT2D eigenvalue weighted by Crippen LogP contribution is -2.15. The minimum atomic E-state index is -0.687. The summed E-state index contributed by atoms with van der Waals surface area (Å²) in [6, 6.07) is 8.56. The molecule has 13 heavy (non-hydrogen) atoms. The maximum absolute atomic E-state index is 11.2. The molecule has 0 fully saturated rings. The highest BCUT2D eigenvalue weighted by Gasteiger charge is 2.09. The van der Waals surface area contributed by atoms with E-state index in [2.05, 4.69) is 0 Å². The molecule has 0 spiro atoms. The summed E-state index contributed by atoms with van der Waals surface area (Å²) in [5.74, 6) is -0.472. The van der Waals surface area contributed by atoms with Gasteiger partial charge >= 0.3 is 5.97 Å². The van der Waals surface area contributed by atoms with E-state index in [0.29, 0.717) is 11.8 Å². The van der Waals surface area contributed by atoms with Crippen molar-refractivity contribution in [3.63, 3.8) is 0 Å². The molecule has 0 bridgehead atoms. The molecule has 68 valence electrons. The number of aldehydes is 1. The molecule has 0 saturated heterocycles. The van der Waals surface area contributed by atoms with Gasteiger partial charge in [-0.05, 0) is 19.1 Å². The third-order valence-electron chi connectivity index (χ3n) is 1.49. The number of esters is 1. The molecule has 3 nitrogen and oxygen atoms in total. The summed E-state index contributed by atoms with van der Waals surface area (Å²) in [4.78, 5) is 21.4. The summed E-state index contributed by atoms with van der Waals surface area (Å²) in [5.41, 5.74) is 0.455. The van der Waals surface area contributed by atoms with Gasteiger partial charge in [-0.25, -0.2) is 4.79 Å². The number of rotatable bonds is 3. The molecule has 0 aliphatic carbocycles. The van der Waals surface area contributed by atoms with Gasteiger partial charge in [0.05, 0.1) is 5.56 Å². The molecular formula is C10H10O3. The Bertz CT molecular complexity index is 292. The molecule has 0 aromatic heterocycles. The van der Waals surface area contributed by atoms with Crippen LogP contribution >= 0.6 is 0 Å². The molecule has 0 N–H and O–H groups in total. The normalized spacial score (nSPS) is 11.8. The van der Waals surface area contributed by atoms with Gasteiger partial charge in [-0.3, -0.25) is 4.79 Å². The van der Waals surface area contributed by atoms with Crippen LogP contribution in [-0.2, 0) is 9.53 Å². The summed E-state index contributed by atoms with van der Waals surface area (Å²) in [6.07, 6.45) is -0.103. The number of carbonyl (C=O) groups is 2. The quantitative estimate of drug-likeness (QED) is 0.519. The van der Waals surface area contributed by atoms with Crippen LogP contribution in [0, 0.1) is 0 Å². The zero-order valence-corrected chi connectivity index (χ0v) is 7.27. The standard InChI is InChI=1S/C10H10O3/c1-8(7-11)13-10(12)9-5-3-2-4-6-9/h2-8H,1H3/t8-/m0/s1. The third-order valence-corrected chi connectivity index (χ3v) is 1.49. The number of hydrogen-bond acceptors (Lipinski definition) is 3. The van der Waals surface area contributed by atoms with Crippen molar-refractivity contribution in [2.45, 2.75) is 13.0 Å². The largest absolute Gasteiger partial charge is 0.451 e. The van der Waals surface area contributed by atoms with E-state index in [1.165, 1.54) is 6.92 Å². The van der Waals surface area contributed by atoms with Crippen LogP contribution < -0.4 is 0 Å². The Morgan fingerprint density at radius 3 is 2.54 bits per heavy atom. The van der Waals surface area contributed by atoms with Gasteiger partial charge in [-0.15, -0.1) is 0 Å². The van der Waals surface area contributed by atoms with Crippen molar-refractivity contribution in [1.82, 2.24) is 0 Å². The molecule has 1 rings (SSSR count). The van der Waals surface area contributed by atoms with Gasteiger partial charge in [-0.2, -0.15) is 0 Å². The Balaban J connectivity index is 2.64. The fourth-order valence-corrected chi connectivity index (χ4v) is 0.839. The predicted octanol–water partition coefficient (Wildman–Crippen LogP) is 1.43. The van der Waals surface area contributed by atoms with Gasteiger partial charge in [0.25, 0.3) is 0 Å². The third kappa shape index (κ3) is 2.71. The second-order valence-corrected chi connectivity index (χ2v) is 2.61. The van der Waals surface area contributed by atoms with Crippen molar-refractivity contribution in [2.24, 2.45) is 0 Å². The summed E-state index contributed by atoms with van der Waals surface area (Å²) >= 11 is 0. The average molecular weight is 178 g/mol. The Morgan fingerprint density at radius 2 is 2.00 bits per heavy atom. The fourth-order valence-electron chi connectivity index (χ4n) is 0.839. The Morgan fingerprint density at radius 1 is 1.38 bits per heavy atom. The van der Waals surface area contributed by atoms with Crippen LogP contribution in [0.15, 0.2) is 30.3 Å². The first kappa shape index (κ1) is 9.45. The minimum absolute atomic E-state index is 0.455. The highest BCUT2D eigenvalue weighted by atomic mass is 16.5. The van der Waals surface area contributed by atoms with Gasteiger partial charge in [0.1, 0.15) is 0 Å². The predicted molar refractivity (Wildman–Crippen MR) is 47.4 cm³/mol. The molecule has 0 saturated carbocycles. The van der Waals surface area contributed by atoms with Gasteiger partial charge in [0, 0.05) is 0 Å². The van der Waals surface area contributed by atoms with Crippen LogP contribution in [0.4, 0.5) is 0 Å². The lowest BCUT2D eigenvalue weighted by Gasteiger charge is -2.05. The first-order valence-corrected chi connectivity index (χ1v) is 3.95. The van der Waals surface area contributed by atoms with E-state index >= 15 is 0 Å². The van der Waals surface area contributed by atoms with Crippen LogP contribution in [-0.4, -0.2) is 18.4 Å². The lowest BCUT2D eigenvalue weighted by molar-refractivity contribution is -0.114. The first-order valence-electron chi connectivity index (χ1n) is 3.95. The maximum atomic E-state index is 11.2. The van der Waals surface area contributed by atoms with Gasteiger partial charge in [0.15, 0.2) is 12.4 Å². The SMILES string of the molecule is C[C@@H](C=O)OC(=O)c1ccccc1. The van der Waals surface area contributed by atoms with E-state index in [1.54, 1.807) is 30.3 Å². The van der Waals surface area contributed by atoms with Crippen molar-refractivity contribution in [3.8, 4) is 0 Å². The Hall–Kier alpha value is -1.64. The van der Waals surface area contributed by atoms with Crippen LogP contribution in [0.1, 0.15) is 17.3 Å². The van der Waals surface area contributed by atoms with Crippen molar-refractivity contribution >= 4 is 12.3 Å². The van der Waals surface area contributed by atoms with Gasteiger partial charge in [-0.1, -0.05) is 18.2 Å². The zero-order chi connectivity index (χ0) is 9.68. The van der Waals surface area contributed by atoms with Crippen LogP contribution in [0.5, 0.6) is 0 Å². The van der Waals surface area contributed by atoms with E-state index in [0.717, 1.165) is 0 Å². The molecule has 0 aliphatic rings. The molecule has 1 aromatic carbocycles. The number of ether oxygens (including phenoxy) is 1. The number of hydrogen-bond donors (Lipinski definition) is 0. The average Bonchev–Trinajstić information content (AvgIpc) is 2.19. The summed E-state index contributed by atoms with van der Waals surface area (Å²) in [5, 5.41) is 0. The number of carbonyl (C=O) groups excluding carboxylic acids is 2. The molecule has 0 amide bonds. The molecule has 1 aromatic rings. The van der Waals surface area contributed by atoms with E-state index in [-0.39, 0.29) is 0 Å². The lowest BCUT2D eigenvalue weighted by atomic mass is 10.2. The van der Waals surface area contributed by atoms with Crippen molar-refractivity contribution in [1.29, 1.82) is 0 Å². The van der Waals surface area contributed by atoms with Gasteiger partial charge < -0.3 is 4.74 Å². The van der Waals surface area contributed by atoms with Crippen molar-refractivity contribution in [2.75, 3.05) is 0 Å². The van der Waals surface area contributed by atoms with Crippen molar-refractivity contribution in [3.05, 3.63) is 35.9 Å². The highest BCUT2D eigenvalue weighted by Crippen LogP contribution is 2.02. The minimum Gasteiger partial charge on any atom is -0.451 e. The summed E-state index contributed by atoms with van der Waals surface area (Å²) < 4.78 is 4.78. The molecule has 0 aliphatic heterocycles. The summed E-state index contributed by atoms with van der Waals surface area (Å²) in [7, 11) is 0. The molecule has 1 atom stereocenters. The fraction of sp³-hybridized carbons (Fsp3) is 0.200. The molecule has 0 radical (unpaired) electrons. The topological polar surface area (TPSA) is 43.4 Å². The van der Waals surface area contributed by atoms with Gasteiger partial charge in [0.2, 0.25) is 0 Å². The molecular weight excluding hydrogens is 168 g/mol. The number of benzene rings is 1. The second-order valence-electron chi connectivity index (χ2n) is 2.61. The van der Waals surface area contributed by atoms with Crippen LogP contribution in [0.25, 0.3) is 0 Å². The monoisotopic (exact) mass is 178 g/mol. The highest BCUT2D eigenvalue weighted by molar-refractivity contribution is 5.90. The second kappa shape index (κ2) is 4.40. The molecule has 0 heterocycles. The van der Waals surface area contributed by atoms with Crippen LogP contribution in [0.3, 0.4) is 0 Å². The smallest absolute Gasteiger partial charge is 0.338 e. The van der Waals surface area contributed by atoms with E-state index in [4.69, 9.17) is 4.74 Å². The molecule has 3 heteroatoms. The molecule has 0 unspecified atom stereocenters. The zero-order valence-electron chi connectivity index (χ0n) is 7.27.